The van der Waals surface area contributed by atoms with Gasteiger partial charge in [-0.25, -0.2) is 16.8 Å². The molecule has 0 saturated carbocycles. The number of rotatable bonds is 9. The van der Waals surface area contributed by atoms with Crippen LogP contribution in [-0.2, 0) is 19.9 Å². The molecule has 0 saturated heterocycles. The van der Waals surface area contributed by atoms with Crippen molar-refractivity contribution in [2.24, 2.45) is 5.73 Å². The van der Waals surface area contributed by atoms with Crippen LogP contribution >= 0.6 is 0 Å². The van der Waals surface area contributed by atoms with E-state index in [9.17, 15) is 16.8 Å². The Balaban J connectivity index is 5.33. The normalized spacial score (nSPS) is 14.0. The fraction of sp³-hybridized carbons (Fsp3) is 1.00. The molecule has 0 heterocycles. The summed E-state index contributed by atoms with van der Waals surface area (Å²) in [6.07, 6.45) is 2.24. The summed E-state index contributed by atoms with van der Waals surface area (Å²) in [7, 11) is -6.93. The van der Waals surface area contributed by atoms with Gasteiger partial charge in [-0.1, -0.05) is 20.8 Å². The summed E-state index contributed by atoms with van der Waals surface area (Å²) in [4.78, 5) is 0. The predicted molar refractivity (Wildman–Crippen MR) is 78.2 cm³/mol. The maximum atomic E-state index is 12.3. The van der Waals surface area contributed by atoms with Gasteiger partial charge in [0, 0.05) is 24.9 Å². The topological polar surface area (TPSA) is 97.5 Å². The van der Waals surface area contributed by atoms with Gasteiger partial charge in [-0.2, -0.15) is 4.31 Å². The highest BCUT2D eigenvalue weighted by atomic mass is 32.2. The summed E-state index contributed by atoms with van der Waals surface area (Å²) in [5.74, 6) is -0.749. The van der Waals surface area contributed by atoms with E-state index in [2.05, 4.69) is 0 Å². The molecular weight excluding hydrogens is 288 g/mol. The number of likely N-dealkylation sites (N-methyl/N-ethyl adjacent to an activating group) is 1. The maximum absolute atomic E-state index is 12.3. The largest absolute Gasteiger partial charge is 0.329 e. The van der Waals surface area contributed by atoms with Gasteiger partial charge in [0.05, 0.1) is 11.5 Å². The molecule has 0 aromatic heterocycles. The lowest BCUT2D eigenvalue weighted by Crippen LogP contribution is -2.56. The first-order valence-corrected chi connectivity index (χ1v) is 10.1. The van der Waals surface area contributed by atoms with Crippen LogP contribution in [0.3, 0.4) is 0 Å². The predicted octanol–water partition coefficient (Wildman–Crippen LogP) is 0.200. The van der Waals surface area contributed by atoms with Gasteiger partial charge in [-0.15, -0.1) is 0 Å². The zero-order valence-corrected chi connectivity index (χ0v) is 13.8. The molecule has 0 aliphatic heterocycles. The van der Waals surface area contributed by atoms with Crippen LogP contribution in [0.1, 0.15) is 33.6 Å². The molecule has 0 aliphatic rings. The van der Waals surface area contributed by atoms with Crippen molar-refractivity contribution in [3.63, 3.8) is 0 Å². The number of nitrogens with two attached hydrogens (primary N) is 1. The summed E-state index contributed by atoms with van der Waals surface area (Å²) in [5.41, 5.74) is 5.14. The Kier molecular flexibility index (Phi) is 6.94. The standard InChI is InChI=1S/C11H26N2O4S2/c1-5-11(6-2,10-12)13(7-3)19(16,17)9-8-18(4,14)15/h5-10,12H2,1-4H3. The Morgan fingerprint density at radius 1 is 1.00 bits per heavy atom. The smallest absolute Gasteiger partial charge is 0.215 e. The molecule has 6 nitrogen and oxygen atoms in total. The molecular formula is C11H26N2O4S2. The van der Waals surface area contributed by atoms with Crippen molar-refractivity contribution in [3.8, 4) is 0 Å². The Morgan fingerprint density at radius 2 is 1.47 bits per heavy atom. The molecule has 2 N–H and O–H groups in total. The minimum atomic E-state index is -3.63. The fourth-order valence-electron chi connectivity index (χ4n) is 2.19. The molecule has 0 aliphatic carbocycles. The van der Waals surface area contributed by atoms with Gasteiger partial charge in [0.2, 0.25) is 10.0 Å². The van der Waals surface area contributed by atoms with Crippen molar-refractivity contribution in [3.05, 3.63) is 0 Å². The molecule has 0 unspecified atom stereocenters. The summed E-state index contributed by atoms with van der Waals surface area (Å²) in [6, 6.07) is 0. The van der Waals surface area contributed by atoms with Crippen LogP contribution in [0, 0.1) is 0 Å². The summed E-state index contributed by atoms with van der Waals surface area (Å²) in [6.45, 7) is 6.06. The lowest BCUT2D eigenvalue weighted by atomic mass is 9.93. The van der Waals surface area contributed by atoms with Crippen molar-refractivity contribution in [2.45, 2.75) is 39.2 Å². The lowest BCUT2D eigenvalue weighted by molar-refractivity contribution is 0.185. The van der Waals surface area contributed by atoms with Crippen LogP contribution in [-0.4, -0.2) is 57.5 Å². The average molecular weight is 314 g/mol. The van der Waals surface area contributed by atoms with Crippen LogP contribution in [0.15, 0.2) is 0 Å². The van der Waals surface area contributed by atoms with Gasteiger partial charge in [-0.05, 0) is 12.8 Å². The van der Waals surface area contributed by atoms with Crippen LogP contribution in [0.4, 0.5) is 0 Å². The molecule has 0 bridgehead atoms. The van der Waals surface area contributed by atoms with Gasteiger partial charge in [-0.3, -0.25) is 0 Å². The van der Waals surface area contributed by atoms with Gasteiger partial charge >= 0.3 is 0 Å². The summed E-state index contributed by atoms with van der Waals surface area (Å²) >= 11 is 0. The molecule has 0 fully saturated rings. The van der Waals surface area contributed by atoms with E-state index in [-0.39, 0.29) is 18.1 Å². The Hall–Kier alpha value is -0.180. The molecule has 0 atom stereocenters. The number of sulfonamides is 1. The highest BCUT2D eigenvalue weighted by Gasteiger charge is 2.38. The van der Waals surface area contributed by atoms with Crippen LogP contribution in [0.2, 0.25) is 0 Å². The SMILES string of the molecule is CCN(C(CC)(CC)CN)S(=O)(=O)CCS(C)(=O)=O. The van der Waals surface area contributed by atoms with Crippen molar-refractivity contribution in [2.75, 3.05) is 30.9 Å². The second-order valence-corrected chi connectivity index (χ2v) is 9.02. The summed E-state index contributed by atoms with van der Waals surface area (Å²) < 4.78 is 48.3. The molecule has 0 rings (SSSR count). The third-order valence-electron chi connectivity index (χ3n) is 3.56. The Bertz CT molecular complexity index is 459. The fourth-order valence-corrected chi connectivity index (χ4v) is 5.78. The number of hydrogen-bond donors (Lipinski definition) is 1. The van der Waals surface area contributed by atoms with E-state index < -0.39 is 25.4 Å². The molecule has 0 aromatic rings. The molecule has 0 aromatic carbocycles. The van der Waals surface area contributed by atoms with Gasteiger partial charge < -0.3 is 5.73 Å². The molecule has 116 valence electrons. The van der Waals surface area contributed by atoms with Crippen molar-refractivity contribution < 1.29 is 16.8 Å². The van der Waals surface area contributed by atoms with E-state index in [1.807, 2.05) is 13.8 Å². The van der Waals surface area contributed by atoms with E-state index >= 15 is 0 Å². The van der Waals surface area contributed by atoms with Gasteiger partial charge in [0.15, 0.2) is 0 Å². The van der Waals surface area contributed by atoms with Gasteiger partial charge in [0.1, 0.15) is 9.84 Å². The van der Waals surface area contributed by atoms with Crippen molar-refractivity contribution in [1.29, 1.82) is 0 Å². The first-order valence-electron chi connectivity index (χ1n) is 6.46. The maximum Gasteiger partial charge on any atom is 0.215 e. The van der Waals surface area contributed by atoms with E-state index in [1.54, 1.807) is 6.92 Å². The second-order valence-electron chi connectivity index (χ2n) is 4.75. The van der Waals surface area contributed by atoms with Crippen molar-refractivity contribution >= 4 is 19.9 Å². The number of nitrogens with zero attached hydrogens (tertiary/aromatic N) is 1. The lowest BCUT2D eigenvalue weighted by Gasteiger charge is -2.40. The Labute approximate surface area is 117 Å². The highest BCUT2D eigenvalue weighted by molar-refractivity contribution is 7.93. The minimum Gasteiger partial charge on any atom is -0.329 e. The first-order chi connectivity index (χ1) is 8.58. The minimum absolute atomic E-state index is 0.228. The van der Waals surface area contributed by atoms with Crippen LogP contribution in [0.5, 0.6) is 0 Å². The molecule has 19 heavy (non-hydrogen) atoms. The monoisotopic (exact) mass is 314 g/mol. The molecule has 0 spiro atoms. The quantitative estimate of drug-likeness (QED) is 0.655. The third kappa shape index (κ3) is 5.02. The zero-order chi connectivity index (χ0) is 15.3. The third-order valence-corrected chi connectivity index (χ3v) is 6.80. The number of hydrogen-bond acceptors (Lipinski definition) is 5. The average Bonchev–Trinajstić information content (AvgIpc) is 2.33. The van der Waals surface area contributed by atoms with E-state index in [0.29, 0.717) is 19.4 Å². The van der Waals surface area contributed by atoms with E-state index in [0.717, 1.165) is 6.26 Å². The molecule has 0 amide bonds. The van der Waals surface area contributed by atoms with Crippen LogP contribution in [0.25, 0.3) is 0 Å². The number of sulfone groups is 1. The second kappa shape index (κ2) is 7.01. The summed E-state index contributed by atoms with van der Waals surface area (Å²) in [5, 5.41) is 0. The van der Waals surface area contributed by atoms with Crippen molar-refractivity contribution in [1.82, 2.24) is 4.31 Å². The van der Waals surface area contributed by atoms with Gasteiger partial charge in [0.25, 0.3) is 0 Å². The van der Waals surface area contributed by atoms with E-state index in [4.69, 9.17) is 5.73 Å². The zero-order valence-electron chi connectivity index (χ0n) is 12.2. The Morgan fingerprint density at radius 3 is 1.74 bits per heavy atom. The first kappa shape index (κ1) is 18.8. The molecule has 0 radical (unpaired) electrons. The van der Waals surface area contributed by atoms with E-state index in [1.165, 1.54) is 4.31 Å². The molecule has 8 heteroatoms. The highest BCUT2D eigenvalue weighted by Crippen LogP contribution is 2.26. The van der Waals surface area contributed by atoms with Crippen LogP contribution < -0.4 is 5.73 Å².